The number of nitrogens with zero attached hydrogens (tertiary/aromatic N) is 1. The fourth-order valence-electron chi connectivity index (χ4n) is 3.77. The Morgan fingerprint density at radius 1 is 0.964 bits per heavy atom. The minimum Gasteiger partial charge on any atom is -0.493 e. The first kappa shape index (κ1) is 17.3. The maximum Gasteiger partial charge on any atom is 0.162 e. The molecule has 2 N–H and O–H groups in total. The zero-order valence-corrected chi connectivity index (χ0v) is 16.5. The van der Waals surface area contributed by atoms with Crippen molar-refractivity contribution < 1.29 is 14.2 Å². The molecule has 2 aliphatic rings. The van der Waals surface area contributed by atoms with Crippen molar-refractivity contribution in [2.45, 2.75) is 22.5 Å². The van der Waals surface area contributed by atoms with Gasteiger partial charge in [0.25, 0.3) is 0 Å². The van der Waals surface area contributed by atoms with Gasteiger partial charge in [-0.1, -0.05) is 0 Å². The summed E-state index contributed by atoms with van der Waals surface area (Å²) in [7, 11) is 0.963. The fourth-order valence-corrected chi connectivity index (χ4v) is 6.18. The van der Waals surface area contributed by atoms with Crippen LogP contribution in [0.4, 0.5) is 0 Å². The minimum absolute atomic E-state index is 0.00765. The summed E-state index contributed by atoms with van der Waals surface area (Å²) in [5, 5.41) is 0.822. The van der Waals surface area contributed by atoms with Crippen LogP contribution in [0.15, 0.2) is 53.6 Å². The van der Waals surface area contributed by atoms with E-state index in [0.29, 0.717) is 28.9 Å². The van der Waals surface area contributed by atoms with Crippen molar-refractivity contribution in [1.29, 1.82) is 9.56 Å². The number of hydrogen-bond acceptors (Lipinski definition) is 6. The highest BCUT2D eigenvalue weighted by atomic mass is 32.2. The number of ether oxygens (including phenoxy) is 3. The molecule has 0 saturated heterocycles. The van der Waals surface area contributed by atoms with Gasteiger partial charge in [-0.15, -0.1) is 0 Å². The van der Waals surface area contributed by atoms with Crippen LogP contribution in [-0.2, 0) is 9.62 Å². The van der Waals surface area contributed by atoms with E-state index in [2.05, 4.69) is 4.98 Å². The Bertz CT molecular complexity index is 1180. The van der Waals surface area contributed by atoms with Crippen molar-refractivity contribution in [3.63, 3.8) is 0 Å². The molecule has 2 aromatic carbocycles. The first-order valence-electron chi connectivity index (χ1n) is 9.09. The van der Waals surface area contributed by atoms with Gasteiger partial charge in [0, 0.05) is 27.3 Å². The highest BCUT2D eigenvalue weighted by Gasteiger charge is 2.74. The second kappa shape index (κ2) is 5.85. The second-order valence-corrected chi connectivity index (χ2v) is 9.90. The molecule has 3 aromatic rings. The Labute approximate surface area is 163 Å². The Kier molecular flexibility index (Phi) is 3.61. The Morgan fingerprint density at radius 3 is 2.21 bits per heavy atom. The zero-order valence-electron chi connectivity index (χ0n) is 15.7. The number of fused-ring (bicyclic) bond motifs is 2. The number of benzene rings is 2. The molecule has 144 valence electrons. The highest BCUT2D eigenvalue weighted by Crippen LogP contribution is 2.73. The van der Waals surface area contributed by atoms with Crippen LogP contribution in [0.3, 0.4) is 0 Å². The van der Waals surface area contributed by atoms with Crippen LogP contribution in [0.5, 0.6) is 23.0 Å². The Hall–Kier alpha value is -2.80. The van der Waals surface area contributed by atoms with E-state index in [-0.39, 0.29) is 4.75 Å². The monoisotopic (exact) mass is 395 g/mol. The van der Waals surface area contributed by atoms with Crippen molar-refractivity contribution in [1.82, 2.24) is 4.98 Å². The maximum atomic E-state index is 8.58. The number of rotatable bonds is 6. The first-order valence-corrected chi connectivity index (χ1v) is 10.7. The molecule has 1 aromatic heterocycles. The predicted molar refractivity (Wildman–Crippen MR) is 108 cm³/mol. The smallest absolute Gasteiger partial charge is 0.162 e. The lowest BCUT2D eigenvalue weighted by Gasteiger charge is -2.15. The van der Waals surface area contributed by atoms with Gasteiger partial charge in [0.05, 0.1) is 19.7 Å². The van der Waals surface area contributed by atoms with Gasteiger partial charge in [-0.25, -0.2) is 0 Å². The van der Waals surface area contributed by atoms with Crippen LogP contribution in [0, 0.1) is 15.5 Å². The molecule has 2 saturated carbocycles. The van der Waals surface area contributed by atoms with E-state index in [1.807, 2.05) is 42.5 Å². The summed E-state index contributed by atoms with van der Waals surface area (Å²) < 4.78 is 34.0. The number of methoxy groups -OCH3 is 2. The Balaban J connectivity index is 1.47. The predicted octanol–water partition coefficient (Wildman–Crippen LogP) is 5.24. The molecule has 28 heavy (non-hydrogen) atoms. The summed E-state index contributed by atoms with van der Waals surface area (Å²) in [4.78, 5) is 5.20. The van der Waals surface area contributed by atoms with Gasteiger partial charge in [0.2, 0.25) is 0 Å². The number of hydrogen-bond donors (Lipinski definition) is 2. The van der Waals surface area contributed by atoms with E-state index < -0.39 is 9.62 Å². The van der Waals surface area contributed by atoms with E-state index in [9.17, 15) is 0 Å². The van der Waals surface area contributed by atoms with Gasteiger partial charge in [-0.2, -0.15) is 0 Å². The van der Waals surface area contributed by atoms with Gasteiger partial charge >= 0.3 is 0 Å². The van der Waals surface area contributed by atoms with Crippen molar-refractivity contribution in [2.75, 3.05) is 14.2 Å². The second-order valence-electron chi connectivity index (χ2n) is 7.39. The molecule has 6 nitrogen and oxygen atoms in total. The lowest BCUT2D eigenvalue weighted by Crippen LogP contribution is -2.10. The largest absolute Gasteiger partial charge is 0.493 e. The van der Waals surface area contributed by atoms with Crippen LogP contribution in [-0.4, -0.2) is 24.0 Å². The van der Waals surface area contributed by atoms with Crippen LogP contribution < -0.4 is 14.2 Å². The van der Waals surface area contributed by atoms with E-state index in [1.165, 1.54) is 0 Å². The van der Waals surface area contributed by atoms with Crippen molar-refractivity contribution in [3.05, 3.63) is 48.7 Å². The summed E-state index contributed by atoms with van der Waals surface area (Å²) >= 11 is 0. The van der Waals surface area contributed by atoms with Gasteiger partial charge in [0.15, 0.2) is 11.5 Å². The van der Waals surface area contributed by atoms with E-state index >= 15 is 0 Å². The molecule has 0 bridgehead atoms. The molecular weight excluding hydrogens is 374 g/mol. The van der Waals surface area contributed by atoms with E-state index in [0.717, 1.165) is 28.6 Å². The van der Waals surface area contributed by atoms with Crippen molar-refractivity contribution in [3.8, 4) is 23.0 Å². The topological polar surface area (TPSA) is 88.3 Å². The van der Waals surface area contributed by atoms with Gasteiger partial charge in [-0.3, -0.25) is 14.5 Å². The molecule has 2 fully saturated rings. The van der Waals surface area contributed by atoms with E-state index in [4.69, 9.17) is 23.8 Å². The number of nitrogens with one attached hydrogen (secondary N) is 2. The molecule has 0 spiro atoms. The summed E-state index contributed by atoms with van der Waals surface area (Å²) in [6.45, 7) is 0. The van der Waals surface area contributed by atoms with Crippen molar-refractivity contribution in [2.24, 2.45) is 5.92 Å². The van der Waals surface area contributed by atoms with Crippen LogP contribution >= 0.6 is 0 Å². The highest BCUT2D eigenvalue weighted by molar-refractivity contribution is 7.95. The molecule has 0 unspecified atom stereocenters. The van der Waals surface area contributed by atoms with E-state index in [1.54, 1.807) is 20.4 Å². The molecule has 0 aliphatic heterocycles. The molecule has 0 amide bonds. The van der Waals surface area contributed by atoms with Crippen LogP contribution in [0.1, 0.15) is 12.8 Å². The first-order chi connectivity index (χ1) is 13.5. The van der Waals surface area contributed by atoms with Gasteiger partial charge < -0.3 is 14.2 Å². The summed E-state index contributed by atoms with van der Waals surface area (Å²) in [5.74, 6) is 3.19. The molecule has 1 heterocycles. The molecule has 7 heteroatoms. The number of pyridine rings is 1. The van der Waals surface area contributed by atoms with Crippen molar-refractivity contribution >= 4 is 20.5 Å². The summed E-state index contributed by atoms with van der Waals surface area (Å²) in [6.07, 6.45) is 3.81. The summed E-state index contributed by atoms with van der Waals surface area (Å²) in [6, 6.07) is 12.9. The zero-order chi connectivity index (χ0) is 19.5. The average Bonchev–Trinajstić information content (AvgIpc) is 3.58. The molecule has 5 rings (SSSR count). The SMILES string of the molecule is COc1cc2nccc(Oc3ccc(S(=N)(=N)C45CC4C5)cc3)c2cc1OC. The molecule has 0 radical (unpaired) electrons. The third-order valence-corrected chi connectivity index (χ3v) is 8.69. The lowest BCUT2D eigenvalue weighted by atomic mass is 10.2. The van der Waals surface area contributed by atoms with Gasteiger partial charge in [-0.05, 0) is 64.8 Å². The van der Waals surface area contributed by atoms with Crippen LogP contribution in [0.25, 0.3) is 10.9 Å². The Morgan fingerprint density at radius 2 is 1.61 bits per heavy atom. The maximum absolute atomic E-state index is 8.58. The van der Waals surface area contributed by atoms with Gasteiger partial charge in [0.1, 0.15) is 11.5 Å². The fraction of sp³-hybridized carbons (Fsp3) is 0.286. The standard InChI is InChI=1S/C21H21N3O3S/c1-25-19-9-16-17(10-20(19)26-2)24-8-7-18(16)27-14-3-5-15(6-4-14)28(22,23)21-11-13(21)12-21/h3-10,13,22-23H,11-12H2,1-2H3. The molecular formula is C21H21N3O3S. The summed E-state index contributed by atoms with van der Waals surface area (Å²) in [5.41, 5.74) is 0.750. The minimum atomic E-state index is -2.23. The van der Waals surface area contributed by atoms with Crippen LogP contribution in [0.2, 0.25) is 0 Å². The normalized spacial score (nSPS) is 22.4. The molecule has 0 atom stereocenters. The lowest BCUT2D eigenvalue weighted by molar-refractivity contribution is 0.355. The quantitative estimate of drug-likeness (QED) is 0.597. The third-order valence-electron chi connectivity index (χ3n) is 5.83. The third kappa shape index (κ3) is 2.46. The average molecular weight is 395 g/mol. The number of aromatic nitrogens is 1. The molecule has 2 aliphatic carbocycles.